The Morgan fingerprint density at radius 3 is 2.44 bits per heavy atom. The van der Waals surface area contributed by atoms with Crippen molar-refractivity contribution in [2.24, 2.45) is 0 Å². The largest absolute Gasteiger partial charge is 0.448 e. The fraction of sp³-hybridized carbons (Fsp3) is 0.588. The van der Waals surface area contributed by atoms with Crippen LogP contribution in [-0.4, -0.2) is 81.1 Å². The second-order valence-corrected chi connectivity index (χ2v) is 8.55. The van der Waals surface area contributed by atoms with E-state index in [4.69, 9.17) is 9.84 Å². The predicted octanol–water partition coefficient (Wildman–Crippen LogP) is 2.38. The Morgan fingerprint density at radius 2 is 1.80 bits per heavy atom. The van der Waals surface area contributed by atoms with E-state index in [1.165, 1.54) is 10.6 Å². The van der Waals surface area contributed by atoms with Gasteiger partial charge in [-0.1, -0.05) is 21.6 Å². The number of hydrogen-bond acceptors (Lipinski definition) is 7. The van der Waals surface area contributed by atoms with E-state index < -0.39 is 0 Å². The number of ether oxygens (including phenoxy) is 1. The molecule has 1 aliphatic heterocycles. The Labute approximate surface area is 157 Å². The van der Waals surface area contributed by atoms with Crippen molar-refractivity contribution in [2.75, 3.05) is 74.8 Å². The van der Waals surface area contributed by atoms with Crippen molar-refractivity contribution in [3.05, 3.63) is 24.3 Å². The highest BCUT2D eigenvalue weighted by Gasteiger charge is 2.16. The molecule has 6 nitrogen and oxygen atoms in total. The van der Waals surface area contributed by atoms with Crippen LogP contribution in [0.5, 0.6) is 0 Å². The van der Waals surface area contributed by atoms with Crippen molar-refractivity contribution in [2.45, 2.75) is 0 Å². The Kier molecular flexibility index (Phi) is 8.74. The molecule has 2 rings (SSSR count). The number of benzene rings is 1. The van der Waals surface area contributed by atoms with Gasteiger partial charge in [0.1, 0.15) is 6.61 Å². The number of carbonyl (C=O) groups excluding carboxylic acids is 1. The molecule has 1 saturated heterocycles. The van der Waals surface area contributed by atoms with Crippen LogP contribution in [0.1, 0.15) is 0 Å². The molecule has 0 radical (unpaired) electrons. The van der Waals surface area contributed by atoms with E-state index in [1.807, 2.05) is 12.1 Å². The Bertz CT molecular complexity index is 522. The quantitative estimate of drug-likeness (QED) is 0.545. The van der Waals surface area contributed by atoms with Crippen LogP contribution in [0.15, 0.2) is 24.3 Å². The minimum atomic E-state index is -0.347. The predicted molar refractivity (Wildman–Crippen MR) is 108 cm³/mol. The molecule has 0 atom stereocenters. The molecular formula is C17H27N3O3S2. The third-order valence-electron chi connectivity index (χ3n) is 4.03. The summed E-state index contributed by atoms with van der Waals surface area (Å²) in [7, 11) is 7.04. The smallest absolute Gasteiger partial charge is 0.414 e. The Hall–Kier alpha value is -1.09. The SMILES string of the molecule is CN1CCN(c2ccc(N(C)C(=O)OCCSSCCO)cc2)CC1. The molecule has 0 aromatic heterocycles. The number of aliphatic hydroxyl groups is 1. The maximum atomic E-state index is 12.1. The van der Waals surface area contributed by atoms with Crippen LogP contribution in [0.25, 0.3) is 0 Å². The second kappa shape index (κ2) is 10.8. The molecule has 0 unspecified atom stereocenters. The van der Waals surface area contributed by atoms with Gasteiger partial charge in [-0.3, -0.25) is 4.90 Å². The first-order valence-electron chi connectivity index (χ1n) is 8.41. The number of likely N-dealkylation sites (N-methyl/N-ethyl adjacent to an activating group) is 1. The first-order chi connectivity index (χ1) is 12.1. The van der Waals surface area contributed by atoms with Crippen LogP contribution in [0.4, 0.5) is 16.2 Å². The number of carbonyl (C=O) groups is 1. The van der Waals surface area contributed by atoms with Crippen molar-refractivity contribution in [1.29, 1.82) is 0 Å². The second-order valence-electron chi connectivity index (χ2n) is 5.85. The van der Waals surface area contributed by atoms with Gasteiger partial charge in [-0.05, 0) is 31.3 Å². The van der Waals surface area contributed by atoms with E-state index in [0.717, 1.165) is 31.9 Å². The molecule has 140 valence electrons. The topological polar surface area (TPSA) is 56.2 Å². The molecule has 1 amide bonds. The van der Waals surface area contributed by atoms with Crippen molar-refractivity contribution in [3.8, 4) is 0 Å². The van der Waals surface area contributed by atoms with Crippen molar-refractivity contribution >= 4 is 39.1 Å². The minimum absolute atomic E-state index is 0.171. The first-order valence-corrected chi connectivity index (χ1v) is 10.9. The lowest BCUT2D eigenvalue weighted by Crippen LogP contribution is -2.44. The third kappa shape index (κ3) is 6.62. The molecule has 1 heterocycles. The highest BCUT2D eigenvalue weighted by Crippen LogP contribution is 2.22. The van der Waals surface area contributed by atoms with Crippen LogP contribution < -0.4 is 9.80 Å². The molecule has 1 fully saturated rings. The van der Waals surface area contributed by atoms with E-state index >= 15 is 0 Å². The average molecular weight is 386 g/mol. The summed E-state index contributed by atoms with van der Waals surface area (Å²) in [6.07, 6.45) is -0.347. The summed E-state index contributed by atoms with van der Waals surface area (Å²) in [4.78, 5) is 18.3. The fourth-order valence-corrected chi connectivity index (χ4v) is 4.07. The van der Waals surface area contributed by atoms with Gasteiger partial charge in [0.2, 0.25) is 0 Å². The summed E-state index contributed by atoms with van der Waals surface area (Å²) < 4.78 is 5.27. The van der Waals surface area contributed by atoms with Gasteiger partial charge < -0.3 is 19.6 Å². The maximum absolute atomic E-state index is 12.1. The molecule has 8 heteroatoms. The lowest BCUT2D eigenvalue weighted by atomic mass is 10.2. The number of nitrogens with zero attached hydrogens (tertiary/aromatic N) is 3. The summed E-state index contributed by atoms with van der Waals surface area (Å²) in [6, 6.07) is 8.04. The zero-order valence-electron chi connectivity index (χ0n) is 14.9. The molecule has 1 N–H and O–H groups in total. The van der Waals surface area contributed by atoms with Crippen molar-refractivity contribution in [3.63, 3.8) is 0 Å². The van der Waals surface area contributed by atoms with Gasteiger partial charge in [-0.25, -0.2) is 4.79 Å². The van der Waals surface area contributed by atoms with Crippen LogP contribution >= 0.6 is 21.6 Å². The molecule has 25 heavy (non-hydrogen) atoms. The van der Waals surface area contributed by atoms with E-state index in [9.17, 15) is 4.79 Å². The highest BCUT2D eigenvalue weighted by molar-refractivity contribution is 8.76. The van der Waals surface area contributed by atoms with E-state index in [2.05, 4.69) is 29.0 Å². The molecule has 0 spiro atoms. The maximum Gasteiger partial charge on any atom is 0.414 e. The number of hydrogen-bond donors (Lipinski definition) is 1. The van der Waals surface area contributed by atoms with Gasteiger partial charge in [0, 0.05) is 56.1 Å². The van der Waals surface area contributed by atoms with Crippen molar-refractivity contribution < 1.29 is 14.6 Å². The van der Waals surface area contributed by atoms with Gasteiger partial charge in [0.15, 0.2) is 0 Å². The molecular weight excluding hydrogens is 358 g/mol. The summed E-state index contributed by atoms with van der Waals surface area (Å²) >= 11 is 0. The summed E-state index contributed by atoms with van der Waals surface area (Å²) in [6.45, 7) is 4.74. The fourth-order valence-electron chi connectivity index (χ4n) is 2.47. The number of amides is 1. The summed E-state index contributed by atoms with van der Waals surface area (Å²) in [5, 5.41) is 8.69. The number of piperazine rings is 1. The minimum Gasteiger partial charge on any atom is -0.448 e. The zero-order valence-corrected chi connectivity index (χ0v) is 16.5. The average Bonchev–Trinajstić information content (AvgIpc) is 2.64. The van der Waals surface area contributed by atoms with E-state index in [1.54, 1.807) is 28.6 Å². The highest BCUT2D eigenvalue weighted by atomic mass is 33.1. The van der Waals surface area contributed by atoms with E-state index in [0.29, 0.717) is 18.1 Å². The molecule has 1 aromatic rings. The first kappa shape index (κ1) is 20.2. The molecule has 0 saturated carbocycles. The van der Waals surface area contributed by atoms with Crippen LogP contribution in [-0.2, 0) is 4.74 Å². The molecule has 1 aromatic carbocycles. The van der Waals surface area contributed by atoms with Gasteiger partial charge in [-0.15, -0.1) is 0 Å². The van der Waals surface area contributed by atoms with Crippen LogP contribution in [0, 0.1) is 0 Å². The Balaban J connectivity index is 1.77. The number of anilines is 2. The van der Waals surface area contributed by atoms with Crippen LogP contribution in [0.3, 0.4) is 0 Å². The van der Waals surface area contributed by atoms with Gasteiger partial charge >= 0.3 is 6.09 Å². The van der Waals surface area contributed by atoms with Gasteiger partial charge in [-0.2, -0.15) is 0 Å². The van der Waals surface area contributed by atoms with Crippen LogP contribution in [0.2, 0.25) is 0 Å². The third-order valence-corrected chi connectivity index (χ3v) is 6.38. The van der Waals surface area contributed by atoms with Gasteiger partial charge in [0.05, 0.1) is 6.61 Å². The standard InChI is InChI=1S/C17H27N3O3S2/c1-18-7-9-20(10-8-18)16-5-3-15(4-6-16)19(2)17(22)23-12-14-25-24-13-11-21/h3-6,21H,7-14H2,1-2H3. The molecule has 0 bridgehead atoms. The molecule has 1 aliphatic rings. The lowest BCUT2D eigenvalue weighted by molar-refractivity contribution is 0.162. The lowest BCUT2D eigenvalue weighted by Gasteiger charge is -2.34. The number of rotatable bonds is 8. The van der Waals surface area contributed by atoms with E-state index in [-0.39, 0.29) is 12.7 Å². The molecule has 0 aliphatic carbocycles. The summed E-state index contributed by atoms with van der Waals surface area (Å²) in [5.74, 6) is 1.41. The normalized spacial score (nSPS) is 15.2. The zero-order chi connectivity index (χ0) is 18.1. The monoisotopic (exact) mass is 385 g/mol. The van der Waals surface area contributed by atoms with Crippen molar-refractivity contribution in [1.82, 2.24) is 4.90 Å². The Morgan fingerprint density at radius 1 is 1.16 bits per heavy atom. The number of aliphatic hydroxyl groups excluding tert-OH is 1. The van der Waals surface area contributed by atoms with Gasteiger partial charge in [0.25, 0.3) is 0 Å². The summed E-state index contributed by atoms with van der Waals surface area (Å²) in [5.41, 5.74) is 2.01.